The van der Waals surface area contributed by atoms with E-state index in [9.17, 15) is 14.0 Å². The van der Waals surface area contributed by atoms with Crippen LogP contribution in [-0.2, 0) is 16.0 Å². The number of carbonyl (C=O) groups is 2. The van der Waals surface area contributed by atoms with Gasteiger partial charge in [0.15, 0.2) is 0 Å². The van der Waals surface area contributed by atoms with E-state index in [0.717, 1.165) is 11.6 Å². The first-order valence-corrected chi connectivity index (χ1v) is 9.29. The Kier molecular flexibility index (Phi) is 5.96. The summed E-state index contributed by atoms with van der Waals surface area (Å²) in [5.74, 6) is -2.73. The van der Waals surface area contributed by atoms with Crippen LogP contribution in [0.25, 0.3) is 5.57 Å². The molecule has 0 aliphatic carbocycles. The molecule has 0 saturated carbocycles. The quantitative estimate of drug-likeness (QED) is 0.674. The van der Waals surface area contributed by atoms with Gasteiger partial charge in [-0.2, -0.15) is 0 Å². The lowest BCUT2D eigenvalue weighted by Crippen LogP contribution is -2.31. The van der Waals surface area contributed by atoms with Gasteiger partial charge in [-0.25, -0.2) is 9.18 Å². The highest BCUT2D eigenvalue weighted by molar-refractivity contribution is 6.42. The number of nitrogens with one attached hydrogen (secondary N) is 1. The zero-order valence-electron chi connectivity index (χ0n) is 15.4. The molecule has 0 bridgehead atoms. The first-order chi connectivity index (χ1) is 13.7. The first kappa shape index (κ1) is 20.9. The molecule has 1 amide bonds. The number of amides is 1. The van der Waals surface area contributed by atoms with Crippen molar-refractivity contribution in [1.82, 2.24) is 0 Å². The van der Waals surface area contributed by atoms with E-state index < -0.39 is 23.6 Å². The summed E-state index contributed by atoms with van der Waals surface area (Å²) in [6.07, 6.45) is 1.75. The van der Waals surface area contributed by atoms with Crippen molar-refractivity contribution in [2.24, 2.45) is 11.7 Å². The smallest absolute Gasteiger partial charge is 0.337 e. The van der Waals surface area contributed by atoms with Crippen LogP contribution in [0.4, 0.5) is 10.1 Å². The number of rotatable bonds is 5. The molecule has 3 rings (SSSR count). The summed E-state index contributed by atoms with van der Waals surface area (Å²) in [5, 5.41) is 3.86. The third-order valence-electron chi connectivity index (χ3n) is 4.55. The highest BCUT2D eigenvalue weighted by Crippen LogP contribution is 2.38. The number of nitrogens with two attached hydrogens (primary N) is 1. The van der Waals surface area contributed by atoms with Crippen molar-refractivity contribution in [2.45, 2.75) is 6.42 Å². The number of ether oxygens (including phenoxy) is 1. The van der Waals surface area contributed by atoms with Gasteiger partial charge in [-0.15, -0.1) is 0 Å². The van der Waals surface area contributed by atoms with Crippen molar-refractivity contribution in [3.05, 3.63) is 81.2 Å². The summed E-state index contributed by atoms with van der Waals surface area (Å²) in [6.45, 7) is 4.00. The number of benzene rings is 2. The third-order valence-corrected chi connectivity index (χ3v) is 5.27. The normalized spacial score (nSPS) is 13.8. The van der Waals surface area contributed by atoms with E-state index in [0.29, 0.717) is 32.6 Å². The molecule has 1 unspecified atom stereocenters. The molecule has 2 aromatic carbocycles. The molecular formula is C21H17Cl2FN2O3. The summed E-state index contributed by atoms with van der Waals surface area (Å²) < 4.78 is 18.6. The summed E-state index contributed by atoms with van der Waals surface area (Å²) in [4.78, 5) is 23.9. The van der Waals surface area contributed by atoms with Gasteiger partial charge in [0.1, 0.15) is 5.82 Å². The van der Waals surface area contributed by atoms with Crippen LogP contribution < -0.4 is 11.1 Å². The lowest BCUT2D eigenvalue weighted by molar-refractivity contribution is -0.120. The number of hydrogen-bond donors (Lipinski definition) is 2. The highest BCUT2D eigenvalue weighted by Gasteiger charge is 2.26. The Morgan fingerprint density at radius 2 is 1.90 bits per heavy atom. The second-order valence-electron chi connectivity index (χ2n) is 6.56. The van der Waals surface area contributed by atoms with Crippen molar-refractivity contribution in [2.75, 3.05) is 12.4 Å². The van der Waals surface area contributed by atoms with E-state index >= 15 is 0 Å². The Morgan fingerprint density at radius 3 is 2.55 bits per heavy atom. The van der Waals surface area contributed by atoms with Gasteiger partial charge in [-0.3, -0.25) is 4.79 Å². The minimum atomic E-state index is -0.818. The minimum absolute atomic E-state index is 0.0486. The fraction of sp³-hybridized carbons (Fsp3) is 0.143. The summed E-state index contributed by atoms with van der Waals surface area (Å²) in [7, 11) is 1.20. The number of allylic oxidation sites excluding steroid dienone is 2. The number of halogens is 3. The number of primary amides is 1. The van der Waals surface area contributed by atoms with E-state index in [1.165, 1.54) is 19.2 Å². The Hall–Kier alpha value is -2.83. The molecule has 0 fully saturated rings. The molecule has 2 aromatic rings. The average Bonchev–Trinajstić information content (AvgIpc) is 2.66. The van der Waals surface area contributed by atoms with Gasteiger partial charge in [0, 0.05) is 16.9 Å². The van der Waals surface area contributed by atoms with Crippen LogP contribution in [0.5, 0.6) is 0 Å². The summed E-state index contributed by atoms with van der Waals surface area (Å²) in [5.41, 5.74) is 8.55. The molecule has 29 heavy (non-hydrogen) atoms. The van der Waals surface area contributed by atoms with E-state index in [4.69, 9.17) is 28.9 Å². The summed E-state index contributed by atoms with van der Waals surface area (Å²) in [6, 6.07) is 7.08. The predicted octanol–water partition coefficient (Wildman–Crippen LogP) is 4.59. The Labute approximate surface area is 176 Å². The van der Waals surface area contributed by atoms with Crippen molar-refractivity contribution < 1.29 is 18.7 Å². The van der Waals surface area contributed by atoms with Crippen LogP contribution in [0.15, 0.2) is 48.7 Å². The van der Waals surface area contributed by atoms with Crippen molar-refractivity contribution in [1.29, 1.82) is 0 Å². The maximum absolute atomic E-state index is 14.0. The third kappa shape index (κ3) is 4.44. The molecule has 1 aliphatic heterocycles. The number of anilines is 1. The molecule has 1 aliphatic rings. The van der Waals surface area contributed by atoms with Crippen LogP contribution in [0.1, 0.15) is 21.5 Å². The Balaban J connectivity index is 1.95. The lowest BCUT2D eigenvalue weighted by atomic mass is 9.90. The molecule has 8 heteroatoms. The van der Waals surface area contributed by atoms with Gasteiger partial charge in [-0.1, -0.05) is 29.8 Å². The van der Waals surface area contributed by atoms with Gasteiger partial charge >= 0.3 is 5.97 Å². The fourth-order valence-corrected chi connectivity index (χ4v) is 3.49. The second-order valence-corrected chi connectivity index (χ2v) is 7.38. The maximum Gasteiger partial charge on any atom is 0.337 e. The number of hydrogen-bond acceptors (Lipinski definition) is 4. The molecule has 0 spiro atoms. The molecule has 1 heterocycles. The average molecular weight is 435 g/mol. The van der Waals surface area contributed by atoms with E-state index in [2.05, 4.69) is 16.6 Å². The van der Waals surface area contributed by atoms with Crippen molar-refractivity contribution in [3.8, 4) is 0 Å². The van der Waals surface area contributed by atoms with E-state index in [-0.39, 0.29) is 12.0 Å². The topological polar surface area (TPSA) is 81.4 Å². The molecule has 0 radical (unpaired) electrons. The number of methoxy groups -OCH3 is 1. The van der Waals surface area contributed by atoms with Crippen LogP contribution in [0.3, 0.4) is 0 Å². The first-order valence-electron chi connectivity index (χ1n) is 8.53. The zero-order valence-corrected chi connectivity index (χ0v) is 16.9. The van der Waals surface area contributed by atoms with E-state index in [1.54, 1.807) is 18.2 Å². The van der Waals surface area contributed by atoms with Crippen LogP contribution in [0.2, 0.25) is 10.0 Å². The lowest BCUT2D eigenvalue weighted by Gasteiger charge is -2.26. The number of esters is 1. The molecule has 150 valence electrons. The van der Waals surface area contributed by atoms with Gasteiger partial charge < -0.3 is 15.8 Å². The monoisotopic (exact) mass is 434 g/mol. The molecular weight excluding hydrogens is 418 g/mol. The predicted molar refractivity (Wildman–Crippen MR) is 111 cm³/mol. The molecule has 3 N–H and O–H groups in total. The summed E-state index contributed by atoms with van der Waals surface area (Å²) >= 11 is 12.2. The largest absolute Gasteiger partial charge is 0.465 e. The van der Waals surface area contributed by atoms with Crippen molar-refractivity contribution in [3.63, 3.8) is 0 Å². The van der Waals surface area contributed by atoms with Gasteiger partial charge in [0.25, 0.3) is 0 Å². The van der Waals surface area contributed by atoms with Crippen LogP contribution >= 0.6 is 23.2 Å². The van der Waals surface area contributed by atoms with Gasteiger partial charge in [-0.05, 0) is 54.0 Å². The van der Waals surface area contributed by atoms with Crippen LogP contribution in [0, 0.1) is 11.7 Å². The fourth-order valence-electron chi connectivity index (χ4n) is 3.16. The van der Waals surface area contributed by atoms with Crippen LogP contribution in [-0.4, -0.2) is 19.0 Å². The number of fused-ring (bicyclic) bond motifs is 1. The number of carbonyl (C=O) groups excluding carboxylic acids is 2. The SMILES string of the molecule is C=C1C=C(C(Cc2cc(F)cc(C(=O)OC)c2)C(N)=O)Nc2cc(Cl)c(Cl)cc21. The van der Waals surface area contributed by atoms with E-state index in [1.807, 2.05) is 0 Å². The zero-order chi connectivity index (χ0) is 21.3. The maximum atomic E-state index is 14.0. The molecule has 1 atom stereocenters. The Bertz CT molecular complexity index is 1070. The Morgan fingerprint density at radius 1 is 1.21 bits per heavy atom. The standard InChI is InChI=1S/C21H17Cl2FN2O3/c1-10-3-18(26-19-9-17(23)16(22)8-14(10)19)15(20(25)27)6-11-4-12(21(28)29-2)7-13(24)5-11/h3-5,7-9,15,26H,1,6H2,2H3,(H2,25,27). The second kappa shape index (κ2) is 8.27. The molecule has 0 aromatic heterocycles. The van der Waals surface area contributed by atoms with Gasteiger partial charge in [0.05, 0.1) is 28.6 Å². The van der Waals surface area contributed by atoms with Crippen molar-refractivity contribution >= 4 is 46.3 Å². The highest BCUT2D eigenvalue weighted by atomic mass is 35.5. The minimum Gasteiger partial charge on any atom is -0.465 e. The molecule has 0 saturated heterocycles. The van der Waals surface area contributed by atoms with Gasteiger partial charge in [0.2, 0.25) is 5.91 Å². The molecule has 5 nitrogen and oxygen atoms in total.